The van der Waals surface area contributed by atoms with Crippen molar-refractivity contribution in [1.82, 2.24) is 0 Å². The molecule has 0 saturated carbocycles. The van der Waals surface area contributed by atoms with Gasteiger partial charge < -0.3 is 5.11 Å². The number of aliphatic hydroxyl groups excluding tert-OH is 1. The molecule has 0 saturated heterocycles. The van der Waals surface area contributed by atoms with Crippen LogP contribution >= 0.6 is 0 Å². The van der Waals surface area contributed by atoms with Gasteiger partial charge in [-0.15, -0.1) is 0 Å². The van der Waals surface area contributed by atoms with Crippen LogP contribution in [0.4, 0.5) is 0 Å². The number of hydrogen-bond donors (Lipinski definition) is 1. The quantitative estimate of drug-likeness (QED) is 0.360. The van der Waals surface area contributed by atoms with Crippen LogP contribution in [0.1, 0.15) is 20.3 Å². The standard InChI is InChI=1S/C8H11NO/c1-3-4-5-8(10)7(2)6-9/h4-5,10H,3H2,1-2H3/b5-4-,8-7-. The maximum atomic E-state index is 9.02. The Bertz CT molecular complexity index is 196. The van der Waals surface area contributed by atoms with E-state index in [1.165, 1.54) is 0 Å². The fourth-order valence-electron chi connectivity index (χ4n) is 0.412. The first kappa shape index (κ1) is 8.77. The van der Waals surface area contributed by atoms with E-state index < -0.39 is 0 Å². The van der Waals surface area contributed by atoms with Crippen LogP contribution in [0.3, 0.4) is 0 Å². The predicted octanol–water partition coefficient (Wildman–Crippen LogP) is 2.31. The summed E-state index contributed by atoms with van der Waals surface area (Å²) in [4.78, 5) is 0. The third-order valence-electron chi connectivity index (χ3n) is 1.06. The summed E-state index contributed by atoms with van der Waals surface area (Å²) in [7, 11) is 0. The van der Waals surface area contributed by atoms with Crippen LogP contribution < -0.4 is 0 Å². The molecule has 2 heteroatoms. The molecule has 0 unspecified atom stereocenters. The van der Waals surface area contributed by atoms with Gasteiger partial charge in [0.15, 0.2) is 0 Å². The SMILES string of the molecule is CC/C=C\C(O)=C(/C)C#N. The number of rotatable bonds is 2. The summed E-state index contributed by atoms with van der Waals surface area (Å²) in [5.41, 5.74) is 0.352. The first-order valence-electron chi connectivity index (χ1n) is 3.18. The highest BCUT2D eigenvalue weighted by Gasteiger charge is 1.91. The Morgan fingerprint density at radius 3 is 2.70 bits per heavy atom. The van der Waals surface area contributed by atoms with Crippen molar-refractivity contribution >= 4 is 0 Å². The highest BCUT2D eigenvalue weighted by molar-refractivity contribution is 5.27. The highest BCUT2D eigenvalue weighted by Crippen LogP contribution is 2.00. The number of hydrogen-bond acceptors (Lipinski definition) is 2. The van der Waals surface area contributed by atoms with Crippen molar-refractivity contribution < 1.29 is 5.11 Å². The fraction of sp³-hybridized carbons (Fsp3) is 0.375. The van der Waals surface area contributed by atoms with Gasteiger partial charge in [0.2, 0.25) is 0 Å². The lowest BCUT2D eigenvalue weighted by molar-refractivity contribution is 0.427. The lowest BCUT2D eigenvalue weighted by atomic mass is 10.2. The minimum Gasteiger partial charge on any atom is -0.507 e. The van der Waals surface area contributed by atoms with Crippen LogP contribution in [-0.2, 0) is 0 Å². The Morgan fingerprint density at radius 1 is 1.70 bits per heavy atom. The lowest BCUT2D eigenvalue weighted by Gasteiger charge is -1.89. The monoisotopic (exact) mass is 137 g/mol. The summed E-state index contributed by atoms with van der Waals surface area (Å²) >= 11 is 0. The summed E-state index contributed by atoms with van der Waals surface area (Å²) in [6.07, 6.45) is 4.21. The van der Waals surface area contributed by atoms with E-state index in [1.54, 1.807) is 19.1 Å². The van der Waals surface area contributed by atoms with E-state index in [1.807, 2.05) is 13.0 Å². The fourth-order valence-corrected chi connectivity index (χ4v) is 0.412. The summed E-state index contributed by atoms with van der Waals surface area (Å²) in [6, 6.07) is 1.85. The van der Waals surface area contributed by atoms with Crippen molar-refractivity contribution in [2.45, 2.75) is 20.3 Å². The molecule has 0 aromatic carbocycles. The van der Waals surface area contributed by atoms with Crippen LogP contribution in [-0.4, -0.2) is 5.11 Å². The molecule has 0 fully saturated rings. The zero-order valence-electron chi connectivity index (χ0n) is 6.26. The molecular weight excluding hydrogens is 126 g/mol. The molecule has 10 heavy (non-hydrogen) atoms. The van der Waals surface area contributed by atoms with Crippen LogP contribution in [0.15, 0.2) is 23.5 Å². The van der Waals surface area contributed by atoms with E-state index in [4.69, 9.17) is 10.4 Å². The average molecular weight is 137 g/mol. The minimum atomic E-state index is 0.0596. The van der Waals surface area contributed by atoms with Crippen molar-refractivity contribution in [3.8, 4) is 6.07 Å². The van der Waals surface area contributed by atoms with Crippen molar-refractivity contribution in [3.05, 3.63) is 23.5 Å². The van der Waals surface area contributed by atoms with Crippen molar-refractivity contribution in [3.63, 3.8) is 0 Å². The van der Waals surface area contributed by atoms with Gasteiger partial charge in [0.05, 0.1) is 11.6 Å². The molecular formula is C8H11NO. The number of aliphatic hydroxyl groups is 1. The molecule has 0 aliphatic heterocycles. The van der Waals surface area contributed by atoms with Gasteiger partial charge in [0.25, 0.3) is 0 Å². The molecule has 0 amide bonds. The summed E-state index contributed by atoms with van der Waals surface area (Å²) in [5, 5.41) is 17.3. The molecule has 0 spiro atoms. The molecule has 0 aliphatic rings. The van der Waals surface area contributed by atoms with Gasteiger partial charge in [0, 0.05) is 0 Å². The molecule has 0 rings (SSSR count). The van der Waals surface area contributed by atoms with Crippen molar-refractivity contribution in [2.75, 3.05) is 0 Å². The van der Waals surface area contributed by atoms with Crippen LogP contribution in [0, 0.1) is 11.3 Å². The Hall–Kier alpha value is -1.23. The summed E-state index contributed by atoms with van der Waals surface area (Å²) in [6.45, 7) is 3.54. The molecule has 0 heterocycles. The zero-order valence-corrected chi connectivity index (χ0v) is 6.26. The van der Waals surface area contributed by atoms with E-state index in [2.05, 4.69) is 0 Å². The molecule has 2 nitrogen and oxygen atoms in total. The summed E-state index contributed by atoms with van der Waals surface area (Å²) < 4.78 is 0. The van der Waals surface area contributed by atoms with Gasteiger partial charge in [-0.05, 0) is 19.4 Å². The Balaban J connectivity index is 4.22. The van der Waals surface area contributed by atoms with E-state index in [0.29, 0.717) is 5.57 Å². The second-order valence-electron chi connectivity index (χ2n) is 1.93. The van der Waals surface area contributed by atoms with E-state index in [9.17, 15) is 0 Å². The zero-order chi connectivity index (χ0) is 7.98. The summed E-state index contributed by atoms with van der Waals surface area (Å²) in [5.74, 6) is 0.0596. The van der Waals surface area contributed by atoms with Gasteiger partial charge in [-0.1, -0.05) is 13.0 Å². The smallest absolute Gasteiger partial charge is 0.128 e. The molecule has 54 valence electrons. The highest BCUT2D eigenvalue weighted by atomic mass is 16.3. The maximum Gasteiger partial charge on any atom is 0.128 e. The Kier molecular flexibility index (Phi) is 4.06. The first-order valence-corrected chi connectivity index (χ1v) is 3.18. The largest absolute Gasteiger partial charge is 0.507 e. The maximum absolute atomic E-state index is 9.02. The molecule has 1 N–H and O–H groups in total. The van der Waals surface area contributed by atoms with Gasteiger partial charge in [-0.3, -0.25) is 0 Å². The van der Waals surface area contributed by atoms with Gasteiger partial charge in [0.1, 0.15) is 5.76 Å². The molecule has 0 bridgehead atoms. The van der Waals surface area contributed by atoms with E-state index in [0.717, 1.165) is 6.42 Å². The second kappa shape index (κ2) is 4.63. The Morgan fingerprint density at radius 2 is 2.30 bits per heavy atom. The number of allylic oxidation sites excluding steroid dienone is 3. The normalized spacial score (nSPS) is 12.9. The predicted molar refractivity (Wildman–Crippen MR) is 40.4 cm³/mol. The van der Waals surface area contributed by atoms with Crippen molar-refractivity contribution in [1.29, 1.82) is 5.26 Å². The number of nitriles is 1. The minimum absolute atomic E-state index is 0.0596. The van der Waals surface area contributed by atoms with Crippen LogP contribution in [0.2, 0.25) is 0 Å². The molecule has 0 aromatic heterocycles. The number of nitrogens with zero attached hydrogens (tertiary/aromatic N) is 1. The molecule has 0 aliphatic carbocycles. The van der Waals surface area contributed by atoms with Crippen molar-refractivity contribution in [2.24, 2.45) is 0 Å². The van der Waals surface area contributed by atoms with Crippen LogP contribution in [0.25, 0.3) is 0 Å². The first-order chi connectivity index (χ1) is 4.72. The third kappa shape index (κ3) is 2.93. The third-order valence-corrected chi connectivity index (χ3v) is 1.06. The average Bonchev–Trinajstić information content (AvgIpc) is 1.98. The molecule has 0 aromatic rings. The Labute approximate surface area is 61.1 Å². The molecule has 0 atom stereocenters. The molecule has 0 radical (unpaired) electrons. The van der Waals surface area contributed by atoms with E-state index >= 15 is 0 Å². The van der Waals surface area contributed by atoms with Gasteiger partial charge in [-0.25, -0.2) is 0 Å². The second-order valence-corrected chi connectivity index (χ2v) is 1.93. The topological polar surface area (TPSA) is 44.0 Å². The van der Waals surface area contributed by atoms with E-state index in [-0.39, 0.29) is 5.76 Å². The van der Waals surface area contributed by atoms with Gasteiger partial charge in [-0.2, -0.15) is 5.26 Å². The van der Waals surface area contributed by atoms with Crippen LogP contribution in [0.5, 0.6) is 0 Å². The van der Waals surface area contributed by atoms with Gasteiger partial charge >= 0.3 is 0 Å². The lowest BCUT2D eigenvalue weighted by Crippen LogP contribution is -1.79.